The molecule has 0 spiro atoms. The van der Waals surface area contributed by atoms with E-state index in [4.69, 9.17) is 4.74 Å². The highest BCUT2D eigenvalue weighted by molar-refractivity contribution is 9.10. The summed E-state index contributed by atoms with van der Waals surface area (Å²) in [5, 5.41) is 6.01. The molecule has 25 heavy (non-hydrogen) atoms. The normalized spacial score (nSPS) is 19.9. The minimum Gasteiger partial charge on any atom is -0.480 e. The van der Waals surface area contributed by atoms with Crippen molar-refractivity contribution in [2.24, 2.45) is 5.92 Å². The first-order valence-electron chi connectivity index (χ1n) is 9.02. The molecule has 0 saturated heterocycles. The number of rotatable bonds is 7. The number of hydrogen-bond acceptors (Lipinski definition) is 3. The highest BCUT2D eigenvalue weighted by atomic mass is 79.9. The van der Waals surface area contributed by atoms with Gasteiger partial charge in [-0.05, 0) is 66.6 Å². The van der Waals surface area contributed by atoms with E-state index < -0.39 is 11.6 Å². The Morgan fingerprint density at radius 2 is 1.96 bits per heavy atom. The van der Waals surface area contributed by atoms with Crippen LogP contribution in [0.5, 0.6) is 5.75 Å². The molecule has 2 aliphatic carbocycles. The summed E-state index contributed by atoms with van der Waals surface area (Å²) in [6.07, 6.45) is 5.00. The second-order valence-corrected chi connectivity index (χ2v) is 7.98. The van der Waals surface area contributed by atoms with Gasteiger partial charge in [-0.2, -0.15) is 0 Å². The average molecular weight is 409 g/mol. The number of hydrogen-bond donors (Lipinski definition) is 2. The fraction of sp³-hybridized carbons (Fsp3) is 0.579. The molecule has 2 N–H and O–H groups in total. The van der Waals surface area contributed by atoms with Gasteiger partial charge in [-0.15, -0.1) is 0 Å². The smallest absolute Gasteiger partial charge is 0.261 e. The van der Waals surface area contributed by atoms with Crippen LogP contribution < -0.4 is 15.4 Å². The van der Waals surface area contributed by atoms with Crippen molar-refractivity contribution in [1.29, 1.82) is 0 Å². The van der Waals surface area contributed by atoms with Gasteiger partial charge in [0.25, 0.3) is 5.91 Å². The second-order valence-electron chi connectivity index (χ2n) is 7.12. The fourth-order valence-corrected chi connectivity index (χ4v) is 3.62. The van der Waals surface area contributed by atoms with Gasteiger partial charge in [0.1, 0.15) is 11.3 Å². The van der Waals surface area contributed by atoms with Gasteiger partial charge in [-0.1, -0.05) is 25.0 Å². The largest absolute Gasteiger partial charge is 0.480 e. The molecule has 1 unspecified atom stereocenters. The van der Waals surface area contributed by atoms with Crippen molar-refractivity contribution in [3.8, 4) is 5.75 Å². The number of carbonyl (C=O) groups excluding carboxylic acids is 2. The predicted octanol–water partition coefficient (Wildman–Crippen LogP) is 3.17. The van der Waals surface area contributed by atoms with E-state index in [-0.39, 0.29) is 11.8 Å². The Bertz CT molecular complexity index is 639. The standard InChI is InChI=1S/C19H25BrN2O3/c1-13(25-16-7-3-2-6-15(16)20)17(23)22-19(10-4-5-11-19)18(24)21-12-14-8-9-14/h2-3,6-7,13-14H,4-5,8-12H2,1H3,(H,21,24)(H,22,23). The maximum absolute atomic E-state index is 12.7. The first-order valence-corrected chi connectivity index (χ1v) is 9.81. The van der Waals surface area contributed by atoms with Gasteiger partial charge >= 0.3 is 0 Å². The summed E-state index contributed by atoms with van der Waals surface area (Å²) in [6.45, 7) is 2.43. The van der Waals surface area contributed by atoms with Gasteiger partial charge in [-0.25, -0.2) is 0 Å². The minimum absolute atomic E-state index is 0.0432. The third-order valence-electron chi connectivity index (χ3n) is 5.01. The van der Waals surface area contributed by atoms with E-state index in [1.807, 2.05) is 24.3 Å². The molecule has 2 fully saturated rings. The monoisotopic (exact) mass is 408 g/mol. The van der Waals surface area contributed by atoms with Crippen LogP contribution in [0.3, 0.4) is 0 Å². The van der Waals surface area contributed by atoms with Crippen LogP contribution in [0.25, 0.3) is 0 Å². The Morgan fingerprint density at radius 3 is 2.60 bits per heavy atom. The third kappa shape index (κ3) is 4.54. The van der Waals surface area contributed by atoms with Crippen molar-refractivity contribution in [2.45, 2.75) is 57.1 Å². The summed E-state index contributed by atoms with van der Waals surface area (Å²) in [4.78, 5) is 25.3. The Kier molecular flexibility index (Phi) is 5.67. The molecule has 5 nitrogen and oxygen atoms in total. The summed E-state index contributed by atoms with van der Waals surface area (Å²) in [6, 6.07) is 7.42. The Morgan fingerprint density at radius 1 is 1.28 bits per heavy atom. The Balaban J connectivity index is 1.61. The molecule has 3 rings (SSSR count). The molecule has 1 aromatic carbocycles. The van der Waals surface area contributed by atoms with Crippen LogP contribution in [0, 0.1) is 5.92 Å². The van der Waals surface area contributed by atoms with Crippen molar-refractivity contribution in [1.82, 2.24) is 10.6 Å². The highest BCUT2D eigenvalue weighted by Gasteiger charge is 2.43. The number of para-hydroxylation sites is 1. The summed E-state index contributed by atoms with van der Waals surface area (Å²) in [5.74, 6) is 0.942. The lowest BCUT2D eigenvalue weighted by Gasteiger charge is -2.30. The number of halogens is 1. The average Bonchev–Trinajstić information content (AvgIpc) is 3.31. The fourth-order valence-electron chi connectivity index (χ4n) is 3.24. The molecule has 1 atom stereocenters. The molecule has 2 amide bonds. The van der Waals surface area contributed by atoms with E-state index in [1.165, 1.54) is 12.8 Å². The van der Waals surface area contributed by atoms with E-state index >= 15 is 0 Å². The zero-order valence-corrected chi connectivity index (χ0v) is 16.1. The second kappa shape index (κ2) is 7.77. The summed E-state index contributed by atoms with van der Waals surface area (Å²) in [5.41, 5.74) is -0.780. The van der Waals surface area contributed by atoms with E-state index in [0.29, 0.717) is 24.5 Å². The number of ether oxygens (including phenoxy) is 1. The van der Waals surface area contributed by atoms with Crippen molar-refractivity contribution < 1.29 is 14.3 Å². The van der Waals surface area contributed by atoms with Crippen LogP contribution in [0.15, 0.2) is 28.7 Å². The molecule has 2 aliphatic rings. The van der Waals surface area contributed by atoms with E-state index in [2.05, 4.69) is 26.6 Å². The highest BCUT2D eigenvalue weighted by Crippen LogP contribution is 2.32. The van der Waals surface area contributed by atoms with Crippen LogP contribution in [-0.4, -0.2) is 30.0 Å². The van der Waals surface area contributed by atoms with Gasteiger partial charge in [-0.3, -0.25) is 9.59 Å². The van der Waals surface area contributed by atoms with E-state index in [0.717, 1.165) is 23.9 Å². The molecular weight excluding hydrogens is 384 g/mol. The third-order valence-corrected chi connectivity index (χ3v) is 5.67. The summed E-state index contributed by atoms with van der Waals surface area (Å²) >= 11 is 3.42. The van der Waals surface area contributed by atoms with Crippen molar-refractivity contribution in [2.75, 3.05) is 6.54 Å². The van der Waals surface area contributed by atoms with Crippen LogP contribution in [0.4, 0.5) is 0 Å². The van der Waals surface area contributed by atoms with Gasteiger partial charge in [0, 0.05) is 6.54 Å². The molecule has 0 aromatic heterocycles. The van der Waals surface area contributed by atoms with Gasteiger partial charge in [0.05, 0.1) is 4.47 Å². The first kappa shape index (κ1) is 18.2. The molecule has 0 bridgehead atoms. The molecule has 2 saturated carbocycles. The van der Waals surface area contributed by atoms with Crippen LogP contribution in [-0.2, 0) is 9.59 Å². The number of amides is 2. The van der Waals surface area contributed by atoms with Gasteiger partial charge in [0.15, 0.2) is 6.10 Å². The van der Waals surface area contributed by atoms with Crippen molar-refractivity contribution in [3.63, 3.8) is 0 Å². The number of benzene rings is 1. The van der Waals surface area contributed by atoms with Crippen LogP contribution in [0.1, 0.15) is 45.4 Å². The van der Waals surface area contributed by atoms with Gasteiger partial charge in [0.2, 0.25) is 5.91 Å². The van der Waals surface area contributed by atoms with Crippen molar-refractivity contribution >= 4 is 27.7 Å². The molecule has 136 valence electrons. The molecule has 6 heteroatoms. The predicted molar refractivity (Wildman–Crippen MR) is 99.3 cm³/mol. The Labute approximate surface area is 157 Å². The first-order chi connectivity index (χ1) is 12.0. The molecular formula is C19H25BrN2O3. The SMILES string of the molecule is CC(Oc1ccccc1Br)C(=O)NC1(C(=O)NCC2CC2)CCCC1. The van der Waals surface area contributed by atoms with Crippen LogP contribution in [0.2, 0.25) is 0 Å². The van der Waals surface area contributed by atoms with E-state index in [9.17, 15) is 9.59 Å². The minimum atomic E-state index is -0.780. The molecule has 1 aromatic rings. The topological polar surface area (TPSA) is 67.4 Å². The molecule has 0 aliphatic heterocycles. The van der Waals surface area contributed by atoms with Gasteiger partial charge < -0.3 is 15.4 Å². The zero-order valence-electron chi connectivity index (χ0n) is 14.5. The maximum atomic E-state index is 12.7. The maximum Gasteiger partial charge on any atom is 0.261 e. The van der Waals surface area contributed by atoms with Crippen molar-refractivity contribution in [3.05, 3.63) is 28.7 Å². The summed E-state index contributed by atoms with van der Waals surface area (Å²) < 4.78 is 6.56. The Hall–Kier alpha value is -1.56. The lowest BCUT2D eigenvalue weighted by atomic mass is 9.95. The zero-order chi connectivity index (χ0) is 17.9. The van der Waals surface area contributed by atoms with E-state index in [1.54, 1.807) is 6.92 Å². The quantitative estimate of drug-likeness (QED) is 0.727. The summed E-state index contributed by atoms with van der Waals surface area (Å²) in [7, 11) is 0. The molecule has 0 radical (unpaired) electrons. The lowest BCUT2D eigenvalue weighted by Crippen LogP contribution is -2.59. The number of nitrogens with one attached hydrogen (secondary N) is 2. The number of carbonyl (C=O) groups is 2. The molecule has 0 heterocycles. The van der Waals surface area contributed by atoms with Crippen LogP contribution >= 0.6 is 15.9 Å². The lowest BCUT2D eigenvalue weighted by molar-refractivity contribution is -0.136.